The maximum absolute atomic E-state index is 12.6. The molecule has 0 aliphatic carbocycles. The first-order valence-corrected chi connectivity index (χ1v) is 11.8. The number of rotatable bonds is 9. The van der Waals surface area contributed by atoms with E-state index in [9.17, 15) is 18.0 Å². The van der Waals surface area contributed by atoms with E-state index in [1.807, 2.05) is 6.07 Å². The number of carbonyl (C=O) groups is 2. The molecule has 35 heavy (non-hydrogen) atoms. The second-order valence-corrected chi connectivity index (χ2v) is 9.04. The zero-order valence-corrected chi connectivity index (χ0v) is 20.5. The third kappa shape index (κ3) is 6.51. The van der Waals surface area contributed by atoms with Gasteiger partial charge in [0.1, 0.15) is 22.1 Å². The Morgan fingerprint density at radius 2 is 1.54 bits per heavy atom. The molecule has 0 heterocycles. The largest absolute Gasteiger partial charge is 0.497 e. The van der Waals surface area contributed by atoms with Crippen LogP contribution in [-0.4, -0.2) is 41.1 Å². The molecule has 0 aromatic heterocycles. The maximum Gasteiger partial charge on any atom is 0.339 e. The topological polar surface area (TPSA) is 117 Å². The van der Waals surface area contributed by atoms with Gasteiger partial charge in [0.15, 0.2) is 6.61 Å². The first kappa shape index (κ1) is 25.6. The van der Waals surface area contributed by atoms with Crippen molar-refractivity contribution in [2.24, 2.45) is 0 Å². The Morgan fingerprint density at radius 1 is 0.857 bits per heavy atom. The monoisotopic (exact) mass is 499 g/mol. The van der Waals surface area contributed by atoms with Crippen molar-refractivity contribution < 1.29 is 36.4 Å². The molecule has 10 heteroatoms. The minimum absolute atomic E-state index is 0.0341. The number of hydrogen-bond acceptors (Lipinski definition) is 8. The van der Waals surface area contributed by atoms with Gasteiger partial charge in [0.2, 0.25) is 0 Å². The molecule has 0 aliphatic rings. The van der Waals surface area contributed by atoms with Gasteiger partial charge >= 0.3 is 16.1 Å². The van der Waals surface area contributed by atoms with Crippen LogP contribution in [0.1, 0.15) is 21.5 Å². The number of benzene rings is 3. The van der Waals surface area contributed by atoms with Crippen LogP contribution < -0.4 is 19.0 Å². The number of ether oxygens (including phenoxy) is 3. The molecule has 9 nitrogen and oxygen atoms in total. The fraction of sp³-hybridized carbons (Fsp3) is 0.200. The van der Waals surface area contributed by atoms with Crippen LogP contribution >= 0.6 is 0 Å². The van der Waals surface area contributed by atoms with Crippen molar-refractivity contribution in [3.8, 4) is 17.2 Å². The molecular formula is C25H25NO8S. The summed E-state index contributed by atoms with van der Waals surface area (Å²) in [5, 5.41) is 2.60. The van der Waals surface area contributed by atoms with E-state index in [2.05, 4.69) is 5.32 Å². The molecule has 0 aliphatic heterocycles. The van der Waals surface area contributed by atoms with E-state index in [0.717, 1.165) is 5.56 Å². The summed E-state index contributed by atoms with van der Waals surface area (Å²) in [6, 6.07) is 15.3. The van der Waals surface area contributed by atoms with Crippen LogP contribution in [0.25, 0.3) is 0 Å². The summed E-state index contributed by atoms with van der Waals surface area (Å²) in [6.45, 7) is 2.93. The van der Waals surface area contributed by atoms with Gasteiger partial charge in [0.25, 0.3) is 5.91 Å². The predicted octanol–water partition coefficient (Wildman–Crippen LogP) is 3.88. The lowest BCUT2D eigenvalue weighted by molar-refractivity contribution is -0.119. The molecular weight excluding hydrogens is 474 g/mol. The van der Waals surface area contributed by atoms with Gasteiger partial charge in [-0.1, -0.05) is 12.1 Å². The molecule has 3 aromatic rings. The lowest BCUT2D eigenvalue weighted by Gasteiger charge is -2.12. The quantitative estimate of drug-likeness (QED) is 0.348. The van der Waals surface area contributed by atoms with Crippen molar-refractivity contribution in [3.63, 3.8) is 0 Å². The van der Waals surface area contributed by atoms with Crippen molar-refractivity contribution in [1.82, 2.24) is 0 Å². The third-order valence-electron chi connectivity index (χ3n) is 4.93. The van der Waals surface area contributed by atoms with Gasteiger partial charge in [-0.3, -0.25) is 4.79 Å². The first-order chi connectivity index (χ1) is 16.6. The standard InChI is InChI=1S/C25H25NO8S/c1-16-5-6-17(2)23(13-16)35(29,30)34-19-9-7-18(8-10-19)25(28)33-15-24(27)26-21-12-11-20(31-3)14-22(21)32-4/h5-14H,15H2,1-4H3,(H,26,27). The Morgan fingerprint density at radius 3 is 2.20 bits per heavy atom. The molecule has 3 rings (SSSR count). The van der Waals surface area contributed by atoms with Crippen molar-refractivity contribution in [1.29, 1.82) is 0 Å². The highest BCUT2D eigenvalue weighted by molar-refractivity contribution is 7.87. The van der Waals surface area contributed by atoms with Gasteiger partial charge in [-0.2, -0.15) is 8.42 Å². The molecule has 0 fully saturated rings. The molecule has 0 saturated heterocycles. The van der Waals surface area contributed by atoms with Crippen LogP contribution in [0, 0.1) is 13.8 Å². The fourth-order valence-corrected chi connectivity index (χ4v) is 4.34. The van der Waals surface area contributed by atoms with Crippen LogP contribution in [0.15, 0.2) is 65.6 Å². The molecule has 184 valence electrons. The van der Waals surface area contributed by atoms with Gasteiger partial charge in [-0.15, -0.1) is 0 Å². The van der Waals surface area contributed by atoms with Gasteiger partial charge < -0.3 is 23.7 Å². The van der Waals surface area contributed by atoms with Gasteiger partial charge in [0.05, 0.1) is 25.5 Å². The van der Waals surface area contributed by atoms with E-state index in [-0.39, 0.29) is 16.2 Å². The van der Waals surface area contributed by atoms with Crippen molar-refractivity contribution in [2.75, 3.05) is 26.1 Å². The van der Waals surface area contributed by atoms with E-state index >= 15 is 0 Å². The summed E-state index contributed by atoms with van der Waals surface area (Å²) in [5.74, 6) is -0.352. The van der Waals surface area contributed by atoms with Crippen LogP contribution in [0.3, 0.4) is 0 Å². The number of aryl methyl sites for hydroxylation is 2. The summed E-state index contributed by atoms with van der Waals surface area (Å²) in [4.78, 5) is 24.6. The highest BCUT2D eigenvalue weighted by Gasteiger charge is 2.20. The first-order valence-electron chi connectivity index (χ1n) is 10.4. The Bertz CT molecular complexity index is 1330. The average molecular weight is 500 g/mol. The van der Waals surface area contributed by atoms with E-state index in [4.69, 9.17) is 18.4 Å². The minimum Gasteiger partial charge on any atom is -0.497 e. The molecule has 3 aromatic carbocycles. The SMILES string of the molecule is COc1ccc(NC(=O)COC(=O)c2ccc(OS(=O)(=O)c3cc(C)ccc3C)cc2)c(OC)c1. The van der Waals surface area contributed by atoms with Crippen molar-refractivity contribution in [2.45, 2.75) is 18.7 Å². The zero-order chi connectivity index (χ0) is 25.6. The average Bonchev–Trinajstić information content (AvgIpc) is 2.84. The summed E-state index contributed by atoms with van der Waals surface area (Å²) in [7, 11) is -1.09. The molecule has 1 N–H and O–H groups in total. The lowest BCUT2D eigenvalue weighted by atomic mass is 10.2. The highest BCUT2D eigenvalue weighted by Crippen LogP contribution is 2.29. The van der Waals surface area contributed by atoms with Crippen LogP contribution in [0.2, 0.25) is 0 Å². The number of hydrogen-bond donors (Lipinski definition) is 1. The zero-order valence-electron chi connectivity index (χ0n) is 19.7. The summed E-state index contributed by atoms with van der Waals surface area (Å²) >= 11 is 0. The van der Waals surface area contributed by atoms with E-state index < -0.39 is 28.6 Å². The van der Waals surface area contributed by atoms with Gasteiger partial charge in [-0.05, 0) is 67.4 Å². The highest BCUT2D eigenvalue weighted by atomic mass is 32.2. The van der Waals surface area contributed by atoms with Crippen LogP contribution in [0.5, 0.6) is 17.2 Å². The molecule has 1 amide bonds. The molecule has 0 unspecified atom stereocenters. The number of methoxy groups -OCH3 is 2. The molecule has 0 spiro atoms. The molecule has 0 radical (unpaired) electrons. The smallest absolute Gasteiger partial charge is 0.339 e. The Hall–Kier alpha value is -4.05. The molecule has 0 saturated carbocycles. The number of esters is 1. The number of amides is 1. The normalized spacial score (nSPS) is 10.9. The third-order valence-corrected chi connectivity index (χ3v) is 6.32. The summed E-state index contributed by atoms with van der Waals surface area (Å²) < 4.78 is 45.8. The maximum atomic E-state index is 12.6. The lowest BCUT2D eigenvalue weighted by Crippen LogP contribution is -2.21. The summed E-state index contributed by atoms with van der Waals surface area (Å²) in [6.07, 6.45) is 0. The molecule has 0 atom stereocenters. The second kappa shape index (κ2) is 10.9. The van der Waals surface area contributed by atoms with Crippen molar-refractivity contribution in [3.05, 3.63) is 77.4 Å². The van der Waals surface area contributed by atoms with E-state index in [1.165, 1.54) is 44.6 Å². The second-order valence-electron chi connectivity index (χ2n) is 7.52. The summed E-state index contributed by atoms with van der Waals surface area (Å²) in [5.41, 5.74) is 1.85. The minimum atomic E-state index is -4.05. The Kier molecular flexibility index (Phi) is 7.98. The van der Waals surface area contributed by atoms with Crippen LogP contribution in [-0.2, 0) is 19.6 Å². The Balaban J connectivity index is 1.59. The van der Waals surface area contributed by atoms with Crippen LogP contribution in [0.4, 0.5) is 5.69 Å². The molecule has 0 bridgehead atoms. The van der Waals surface area contributed by atoms with Gasteiger partial charge in [-0.25, -0.2) is 4.79 Å². The number of anilines is 1. The van der Waals surface area contributed by atoms with Crippen molar-refractivity contribution >= 4 is 27.7 Å². The number of nitrogens with one attached hydrogen (secondary N) is 1. The van der Waals surface area contributed by atoms with E-state index in [1.54, 1.807) is 38.1 Å². The number of carbonyl (C=O) groups excluding carboxylic acids is 2. The van der Waals surface area contributed by atoms with Gasteiger partial charge in [0, 0.05) is 6.07 Å². The van der Waals surface area contributed by atoms with E-state index in [0.29, 0.717) is 22.7 Å². The predicted molar refractivity (Wildman–Crippen MR) is 129 cm³/mol. The fourth-order valence-electron chi connectivity index (χ4n) is 3.10. The Labute approximate surface area is 203 Å².